The molecule has 0 bridgehead atoms. The van der Waals surface area contributed by atoms with Gasteiger partial charge in [0.05, 0.1) is 16.9 Å². The molecular formula is C47H53N7. The first-order chi connectivity index (χ1) is 26.6. The smallest absolute Gasteiger partial charge is 0.163 e. The number of pyridine rings is 2. The van der Waals surface area contributed by atoms with Crippen LogP contribution in [0, 0.1) is 6.92 Å². The predicted molar refractivity (Wildman–Crippen MR) is 238 cm³/mol. The van der Waals surface area contributed by atoms with Crippen molar-refractivity contribution in [3.8, 4) is 11.4 Å². The van der Waals surface area contributed by atoms with Crippen LogP contribution in [0.25, 0.3) is 54.6 Å². The van der Waals surface area contributed by atoms with Crippen molar-refractivity contribution in [1.29, 1.82) is 0 Å². The topological polar surface area (TPSA) is 87.2 Å². The van der Waals surface area contributed by atoms with E-state index in [9.17, 15) is 0 Å². The third kappa shape index (κ3) is 9.28. The summed E-state index contributed by atoms with van der Waals surface area (Å²) in [4.78, 5) is 28.2. The summed E-state index contributed by atoms with van der Waals surface area (Å²) in [6.45, 7) is 19.5. The maximum absolute atomic E-state index is 5.23. The highest BCUT2D eigenvalue weighted by Crippen LogP contribution is 2.39. The molecular weight excluding hydrogens is 663 g/mol. The first kappa shape index (κ1) is 40.7. The van der Waals surface area contributed by atoms with E-state index in [2.05, 4.69) is 107 Å². The fraction of sp³-hybridized carbons (Fsp3) is 0.234. The minimum atomic E-state index is 0.455. The summed E-state index contributed by atoms with van der Waals surface area (Å²) in [5.74, 6) is 1.02. The van der Waals surface area contributed by atoms with Crippen LogP contribution in [0.2, 0.25) is 0 Å². The normalized spacial score (nSPS) is 12.9. The van der Waals surface area contributed by atoms with E-state index in [-0.39, 0.29) is 0 Å². The number of nitrogens with zero attached hydrogens (tertiary/aromatic N) is 6. The van der Waals surface area contributed by atoms with Crippen LogP contribution in [0.4, 0.5) is 0 Å². The fourth-order valence-electron chi connectivity index (χ4n) is 6.21. The summed E-state index contributed by atoms with van der Waals surface area (Å²) < 4.78 is 0. The number of hydrogen-bond acceptors (Lipinski definition) is 5. The molecule has 0 saturated carbocycles. The summed E-state index contributed by atoms with van der Waals surface area (Å²) in [7, 11) is 1.86. The average Bonchev–Trinajstić information content (AvgIpc) is 3.24. The highest BCUT2D eigenvalue weighted by atomic mass is 15.0. The van der Waals surface area contributed by atoms with Crippen molar-refractivity contribution in [1.82, 2.24) is 15.3 Å². The maximum Gasteiger partial charge on any atom is 0.163 e. The monoisotopic (exact) mass is 715 g/mol. The van der Waals surface area contributed by atoms with E-state index in [1.165, 1.54) is 21.7 Å². The van der Waals surface area contributed by atoms with Crippen LogP contribution in [-0.4, -0.2) is 54.7 Å². The molecule has 0 radical (unpaired) electrons. The van der Waals surface area contributed by atoms with Crippen LogP contribution in [0.3, 0.4) is 0 Å². The van der Waals surface area contributed by atoms with Crippen LogP contribution >= 0.6 is 0 Å². The number of rotatable bonds is 6. The van der Waals surface area contributed by atoms with Crippen LogP contribution in [0.15, 0.2) is 141 Å². The highest BCUT2D eigenvalue weighted by molar-refractivity contribution is 6.24. The first-order valence-electron chi connectivity index (χ1n) is 18.9. The molecule has 7 nitrogen and oxygen atoms in total. The molecule has 2 aromatic heterocycles. The van der Waals surface area contributed by atoms with Gasteiger partial charge >= 0.3 is 0 Å². The number of aryl methyl sites for hydroxylation is 1. The van der Waals surface area contributed by atoms with Crippen molar-refractivity contribution < 1.29 is 0 Å². The Hall–Kier alpha value is -6.08. The molecule has 3 heterocycles. The Bertz CT molecular complexity index is 2380. The molecule has 6 aromatic rings. The fourth-order valence-corrected chi connectivity index (χ4v) is 6.21. The van der Waals surface area contributed by atoms with E-state index in [0.717, 1.165) is 62.6 Å². The van der Waals surface area contributed by atoms with Gasteiger partial charge in [-0.3, -0.25) is 15.0 Å². The van der Waals surface area contributed by atoms with Gasteiger partial charge in [0.15, 0.2) is 11.7 Å². The first-order valence-corrected chi connectivity index (χ1v) is 18.9. The van der Waals surface area contributed by atoms with Gasteiger partial charge in [-0.25, -0.2) is 15.0 Å². The summed E-state index contributed by atoms with van der Waals surface area (Å²) in [6, 6.07) is 27.5. The van der Waals surface area contributed by atoms with E-state index in [1.807, 2.05) is 97.6 Å². The van der Waals surface area contributed by atoms with Crippen LogP contribution in [0.1, 0.15) is 59.1 Å². The molecule has 0 aliphatic carbocycles. The third-order valence-electron chi connectivity index (χ3n) is 8.42. The molecule has 1 aliphatic rings. The van der Waals surface area contributed by atoms with Crippen LogP contribution < -0.4 is 5.32 Å². The molecule has 54 heavy (non-hydrogen) atoms. The van der Waals surface area contributed by atoms with Gasteiger partial charge < -0.3 is 5.32 Å². The number of aliphatic imine (C=N–C) groups is 4. The predicted octanol–water partition coefficient (Wildman–Crippen LogP) is 11.7. The molecule has 0 atom stereocenters. The van der Waals surface area contributed by atoms with Gasteiger partial charge in [0.1, 0.15) is 0 Å². The van der Waals surface area contributed by atoms with Crippen molar-refractivity contribution >= 4 is 67.8 Å². The summed E-state index contributed by atoms with van der Waals surface area (Å²) in [5.41, 5.74) is 5.41. The van der Waals surface area contributed by atoms with E-state index >= 15 is 0 Å². The zero-order chi connectivity index (χ0) is 38.9. The molecule has 276 valence electrons. The number of nitrogens with one attached hydrogen (secondary N) is 1. The molecule has 0 spiro atoms. The number of allylic oxidation sites excluding steroid dienone is 2. The van der Waals surface area contributed by atoms with Gasteiger partial charge in [-0.05, 0) is 68.3 Å². The van der Waals surface area contributed by atoms with Gasteiger partial charge in [-0.1, -0.05) is 118 Å². The van der Waals surface area contributed by atoms with Crippen molar-refractivity contribution in [3.63, 3.8) is 0 Å². The molecule has 0 unspecified atom stereocenters. The summed E-state index contributed by atoms with van der Waals surface area (Å²) >= 11 is 0. The minimum absolute atomic E-state index is 0.455. The Morgan fingerprint density at radius 3 is 2.24 bits per heavy atom. The quantitative estimate of drug-likeness (QED) is 0.0806. The van der Waals surface area contributed by atoms with Crippen molar-refractivity contribution in [2.24, 2.45) is 20.0 Å². The second-order valence-electron chi connectivity index (χ2n) is 11.8. The Labute approximate surface area is 320 Å². The lowest BCUT2D eigenvalue weighted by Gasteiger charge is -2.15. The summed E-state index contributed by atoms with van der Waals surface area (Å²) in [5, 5.41) is 10.8. The number of dihydropyridines is 1. The molecule has 0 fully saturated rings. The lowest BCUT2D eigenvalue weighted by molar-refractivity contribution is 1.00. The molecule has 7 heteroatoms. The number of amidine groups is 2. The van der Waals surface area contributed by atoms with E-state index < -0.39 is 0 Å². The van der Waals surface area contributed by atoms with E-state index in [4.69, 9.17) is 15.0 Å². The van der Waals surface area contributed by atoms with Crippen LogP contribution in [-0.2, 0) is 0 Å². The Morgan fingerprint density at radius 2 is 1.61 bits per heavy atom. The maximum atomic E-state index is 5.23. The minimum Gasteiger partial charge on any atom is -0.393 e. The second-order valence-corrected chi connectivity index (χ2v) is 11.8. The molecule has 4 aromatic carbocycles. The number of fused-ring (bicyclic) bond motifs is 6. The Morgan fingerprint density at radius 1 is 0.870 bits per heavy atom. The zero-order valence-corrected chi connectivity index (χ0v) is 33.1. The Balaban J connectivity index is 0.000000577. The standard InChI is InChI=1S/C38H34N6.C5H7N.2C2H6/c1-6-12-26(22-39-4)37(41-7-2)44-38(40-5)32-23-42-35(29-16-11-10-15-28(29)32)36-30-19-18-25-13-8-9-14-27(25)34(30)31-21-24(3)17-20-33(31)43-36;1-2-4-6-5-3-1;2*1-2/h6,8-23,39H,5,7H2,1-4H3;1-2,4H,3,5H2;2*1-2H3/b12-6-,26-22+,41-37?,44-38?;;;. The van der Waals surface area contributed by atoms with Crippen LogP contribution in [0.5, 0.6) is 0 Å². The van der Waals surface area contributed by atoms with Gasteiger partial charge in [-0.2, -0.15) is 0 Å². The van der Waals surface area contributed by atoms with Gasteiger partial charge in [-0.15, -0.1) is 0 Å². The van der Waals surface area contributed by atoms with Gasteiger partial charge in [0, 0.05) is 71.4 Å². The number of benzene rings is 4. The molecule has 0 saturated heterocycles. The van der Waals surface area contributed by atoms with E-state index in [1.54, 1.807) is 0 Å². The molecule has 7 rings (SSSR count). The lowest BCUT2D eigenvalue weighted by atomic mass is 9.94. The SMILES string of the molecule is C1=CCCN=C1.C=NC(=NC(=NCC)C(/C=C\C)=C/NC)c1cnc(-c2nc3ccc(C)cc3c3c2ccc2ccccc23)c2ccccc12.CC.CC. The summed E-state index contributed by atoms with van der Waals surface area (Å²) in [6.07, 6.45) is 14.7. The lowest BCUT2D eigenvalue weighted by Crippen LogP contribution is -2.09. The largest absolute Gasteiger partial charge is 0.393 e. The van der Waals surface area contributed by atoms with Crippen molar-refractivity contribution in [2.45, 2.75) is 54.9 Å². The average molecular weight is 716 g/mol. The molecule has 1 aliphatic heterocycles. The second kappa shape index (κ2) is 20.8. The number of hydrogen-bond donors (Lipinski definition) is 1. The van der Waals surface area contributed by atoms with Crippen molar-refractivity contribution in [3.05, 3.63) is 132 Å². The van der Waals surface area contributed by atoms with Crippen molar-refractivity contribution in [2.75, 3.05) is 20.1 Å². The molecule has 0 amide bonds. The van der Waals surface area contributed by atoms with E-state index in [0.29, 0.717) is 18.2 Å². The third-order valence-corrected chi connectivity index (χ3v) is 8.42. The van der Waals surface area contributed by atoms with Gasteiger partial charge in [0.2, 0.25) is 0 Å². The van der Waals surface area contributed by atoms with Gasteiger partial charge in [0.25, 0.3) is 0 Å². The number of aromatic nitrogens is 2. The Kier molecular flexibility index (Phi) is 15.7. The highest BCUT2D eigenvalue weighted by Gasteiger charge is 2.19. The molecule has 1 N–H and O–H groups in total. The zero-order valence-electron chi connectivity index (χ0n) is 33.1.